The van der Waals surface area contributed by atoms with E-state index in [1.165, 1.54) is 61.2 Å². The molecule has 5 nitrogen and oxygen atoms in total. The van der Waals surface area contributed by atoms with Crippen LogP contribution < -0.4 is 20.3 Å². The fourth-order valence-corrected chi connectivity index (χ4v) is 10.9. The third-order valence-electron chi connectivity index (χ3n) is 16.2. The number of pyridine rings is 1. The molecule has 5 heteroatoms. The molecule has 1 aliphatic rings. The summed E-state index contributed by atoms with van der Waals surface area (Å²) in [5.41, 5.74) is 22.6. The van der Waals surface area contributed by atoms with Gasteiger partial charge in [-0.2, -0.15) is 0 Å². The van der Waals surface area contributed by atoms with Gasteiger partial charge < -0.3 is 15.4 Å². The number of benzene rings is 8. The average Bonchev–Trinajstić information content (AvgIpc) is 2.46. The van der Waals surface area contributed by atoms with Gasteiger partial charge in [-0.3, -0.25) is 4.90 Å². The van der Waals surface area contributed by atoms with Crippen LogP contribution in [-0.2, 0) is 32.5 Å². The molecule has 1 aliphatic heterocycles. The van der Waals surface area contributed by atoms with Gasteiger partial charge in [-0.15, -0.1) is 0 Å². The molecule has 10 rings (SSSR count). The Morgan fingerprint density at radius 2 is 0.768 bits per heavy atom. The topological polar surface area (TPSA) is 49.4 Å². The first kappa shape index (κ1) is 57.3. The van der Waals surface area contributed by atoms with Crippen molar-refractivity contribution in [3.8, 4) is 56.0 Å². The summed E-state index contributed by atoms with van der Waals surface area (Å²) in [5, 5.41) is 8.02. The lowest BCUT2D eigenvalue weighted by Crippen LogP contribution is -2.17. The standard InChI is InChI=1S/C77H86N4O/c1-72(2,3)51-36-37-78-70(46-51)81-68-33-24-21-30-62(68)60-28-19-20-29-61(60)63-35-34-59(48-69(63)81)82-58-27-25-26-57(47-58)79-66-31-22-23-32-67(66)80-71-64(49-38-52(73(4,5)6)42-53(39-49)74(7,8)9)44-56(77(16,17)18)45-65(71)50-40-54(75(10,11)12)43-55(41-50)76(13,14)15/h19-48,79-80H,1-18H3. The highest BCUT2D eigenvalue weighted by atomic mass is 16.5. The maximum Gasteiger partial charge on any atom is 0.137 e. The quantitative estimate of drug-likeness (QED) is 0.151. The van der Waals surface area contributed by atoms with Crippen LogP contribution in [0.1, 0.15) is 158 Å². The van der Waals surface area contributed by atoms with Crippen LogP contribution >= 0.6 is 0 Å². The fraction of sp³-hybridized carbons (Fsp3) is 0.312. The smallest absolute Gasteiger partial charge is 0.137 e. The molecule has 0 amide bonds. The van der Waals surface area contributed by atoms with Gasteiger partial charge in [-0.05, 0) is 155 Å². The first-order valence-electron chi connectivity index (χ1n) is 29.4. The minimum absolute atomic E-state index is 0.0662. The van der Waals surface area contributed by atoms with Crippen LogP contribution in [0.3, 0.4) is 0 Å². The lowest BCUT2D eigenvalue weighted by Gasteiger charge is -2.30. The van der Waals surface area contributed by atoms with E-state index < -0.39 is 0 Å². The lowest BCUT2D eigenvalue weighted by atomic mass is 9.76. The Hall–Kier alpha value is -7.89. The Kier molecular flexibility index (Phi) is 14.8. The summed E-state index contributed by atoms with van der Waals surface area (Å²) < 4.78 is 6.93. The Balaban J connectivity index is 1.08. The lowest BCUT2D eigenvalue weighted by molar-refractivity contribution is 0.483. The maximum atomic E-state index is 6.93. The van der Waals surface area contributed by atoms with Crippen LogP contribution in [-0.4, -0.2) is 4.98 Å². The summed E-state index contributed by atoms with van der Waals surface area (Å²) in [7, 11) is 0. The molecule has 0 saturated carbocycles. The summed E-state index contributed by atoms with van der Waals surface area (Å²) in [6, 6.07) is 64.5. The zero-order chi connectivity index (χ0) is 58.9. The van der Waals surface area contributed by atoms with Gasteiger partial charge >= 0.3 is 0 Å². The number of nitrogens with zero attached hydrogens (tertiary/aromatic N) is 2. The van der Waals surface area contributed by atoms with Gasteiger partial charge in [0.05, 0.1) is 28.4 Å². The third kappa shape index (κ3) is 12.0. The van der Waals surface area contributed by atoms with E-state index in [2.05, 4.69) is 310 Å². The van der Waals surface area contributed by atoms with Crippen molar-refractivity contribution in [2.45, 2.75) is 157 Å². The Labute approximate surface area is 491 Å². The van der Waals surface area contributed by atoms with Crippen LogP contribution in [0.5, 0.6) is 11.5 Å². The Morgan fingerprint density at radius 3 is 1.28 bits per heavy atom. The van der Waals surface area contributed by atoms with Gasteiger partial charge in [0, 0.05) is 46.3 Å². The van der Waals surface area contributed by atoms with E-state index in [-0.39, 0.29) is 32.5 Å². The van der Waals surface area contributed by atoms with E-state index in [0.29, 0.717) is 5.75 Å². The normalized spacial score (nSPS) is 13.0. The molecular formula is C77H86N4O. The number of hydrogen-bond donors (Lipinski definition) is 2. The maximum absolute atomic E-state index is 6.93. The first-order chi connectivity index (χ1) is 38.4. The molecule has 0 fully saturated rings. The van der Waals surface area contributed by atoms with E-state index in [1.54, 1.807) is 0 Å². The van der Waals surface area contributed by atoms with Crippen LogP contribution in [0.4, 0.5) is 39.9 Å². The van der Waals surface area contributed by atoms with Crippen molar-refractivity contribution in [3.63, 3.8) is 0 Å². The monoisotopic (exact) mass is 1080 g/mol. The molecule has 82 heavy (non-hydrogen) atoms. The van der Waals surface area contributed by atoms with E-state index in [0.717, 1.165) is 62.4 Å². The highest BCUT2D eigenvalue weighted by Crippen LogP contribution is 2.52. The number of fused-ring (bicyclic) bond motifs is 5. The zero-order valence-electron chi connectivity index (χ0n) is 52.1. The van der Waals surface area contributed by atoms with Crippen molar-refractivity contribution >= 4 is 39.9 Å². The minimum Gasteiger partial charge on any atom is -0.457 e. The molecule has 0 bridgehead atoms. The molecule has 0 aliphatic carbocycles. The van der Waals surface area contributed by atoms with Crippen molar-refractivity contribution in [1.82, 2.24) is 4.98 Å². The molecule has 9 aromatic rings. The molecule has 0 saturated heterocycles. The van der Waals surface area contributed by atoms with Gasteiger partial charge in [0.25, 0.3) is 0 Å². The second-order valence-electron chi connectivity index (χ2n) is 28.9. The molecule has 2 heterocycles. The van der Waals surface area contributed by atoms with Gasteiger partial charge in [0.2, 0.25) is 0 Å². The third-order valence-corrected chi connectivity index (χ3v) is 16.2. The molecule has 8 aromatic carbocycles. The Bertz CT molecular complexity index is 3690. The van der Waals surface area contributed by atoms with Crippen LogP contribution in [0.25, 0.3) is 44.5 Å². The highest BCUT2D eigenvalue weighted by Gasteiger charge is 2.31. The largest absolute Gasteiger partial charge is 0.457 e. The van der Waals surface area contributed by atoms with Crippen molar-refractivity contribution in [2.24, 2.45) is 0 Å². The molecular weight excluding hydrogens is 997 g/mol. The Morgan fingerprint density at radius 1 is 0.329 bits per heavy atom. The van der Waals surface area contributed by atoms with Crippen LogP contribution in [0.15, 0.2) is 182 Å². The van der Waals surface area contributed by atoms with Crippen molar-refractivity contribution in [3.05, 3.63) is 216 Å². The summed E-state index contributed by atoms with van der Waals surface area (Å²) in [4.78, 5) is 7.35. The second kappa shape index (κ2) is 21.1. The summed E-state index contributed by atoms with van der Waals surface area (Å²) >= 11 is 0. The number of para-hydroxylation sites is 3. The minimum atomic E-state index is -0.137. The highest BCUT2D eigenvalue weighted by molar-refractivity contribution is 6.02. The molecule has 0 atom stereocenters. The summed E-state index contributed by atoms with van der Waals surface area (Å²) in [6.45, 7) is 41.7. The molecule has 420 valence electrons. The van der Waals surface area contributed by atoms with Gasteiger partial charge in [0.1, 0.15) is 17.3 Å². The molecule has 2 N–H and O–H groups in total. The van der Waals surface area contributed by atoms with Crippen molar-refractivity contribution in [2.75, 3.05) is 15.5 Å². The predicted octanol–water partition coefficient (Wildman–Crippen LogP) is 22.6. The van der Waals surface area contributed by atoms with Gasteiger partial charge in [-0.1, -0.05) is 222 Å². The SMILES string of the molecule is CC(C)(C)c1cc(-c2cc(C(C)(C)C)cc(-c3cc(C(C)(C)C)cc(C(C)(C)C)c3)c2Nc2ccccc2Nc2cccc(Oc3ccc4c(c3)N(c3cc(C(C)(C)C)ccn3)c3ccccc3-c3ccccc3-4)c2)cc(C(C)(C)C)c1. The molecule has 0 unspecified atom stereocenters. The zero-order valence-corrected chi connectivity index (χ0v) is 52.1. The number of hydrogen-bond acceptors (Lipinski definition) is 5. The van der Waals surface area contributed by atoms with E-state index in [9.17, 15) is 0 Å². The van der Waals surface area contributed by atoms with E-state index in [4.69, 9.17) is 9.72 Å². The number of anilines is 7. The fourth-order valence-electron chi connectivity index (χ4n) is 10.9. The number of ether oxygens (including phenoxy) is 1. The van der Waals surface area contributed by atoms with Crippen LogP contribution in [0.2, 0.25) is 0 Å². The van der Waals surface area contributed by atoms with Crippen molar-refractivity contribution in [1.29, 1.82) is 0 Å². The van der Waals surface area contributed by atoms with E-state index >= 15 is 0 Å². The summed E-state index contributed by atoms with van der Waals surface area (Å²) in [5.74, 6) is 2.30. The summed E-state index contributed by atoms with van der Waals surface area (Å²) in [6.07, 6.45) is 1.94. The predicted molar refractivity (Wildman–Crippen MR) is 352 cm³/mol. The molecule has 0 radical (unpaired) electrons. The number of rotatable bonds is 9. The number of nitrogens with one attached hydrogen (secondary N) is 2. The number of aromatic nitrogens is 1. The van der Waals surface area contributed by atoms with Crippen molar-refractivity contribution < 1.29 is 4.74 Å². The average molecular weight is 1080 g/mol. The van der Waals surface area contributed by atoms with Gasteiger partial charge in [-0.25, -0.2) is 4.98 Å². The van der Waals surface area contributed by atoms with E-state index in [1.807, 2.05) is 12.3 Å². The van der Waals surface area contributed by atoms with Gasteiger partial charge in [0.15, 0.2) is 0 Å². The second-order valence-corrected chi connectivity index (χ2v) is 28.9. The molecule has 0 spiro atoms. The first-order valence-corrected chi connectivity index (χ1v) is 29.4. The van der Waals surface area contributed by atoms with Crippen LogP contribution in [0, 0.1) is 0 Å². The molecule has 1 aromatic heterocycles.